The highest BCUT2D eigenvalue weighted by Gasteiger charge is 2.15. The second-order valence-electron chi connectivity index (χ2n) is 2.79. The van der Waals surface area contributed by atoms with E-state index in [1.807, 2.05) is 6.92 Å². The summed E-state index contributed by atoms with van der Waals surface area (Å²) in [5.41, 5.74) is 0. The van der Waals surface area contributed by atoms with E-state index in [-0.39, 0.29) is 11.8 Å². The number of nitrogens with zero attached hydrogens (tertiary/aromatic N) is 1. The zero-order valence-electron chi connectivity index (χ0n) is 8.38. The van der Waals surface area contributed by atoms with E-state index in [9.17, 15) is 9.59 Å². The van der Waals surface area contributed by atoms with Gasteiger partial charge in [-0.1, -0.05) is 26.8 Å². The standard InChI is InChI=1S/C10H17NO2/c1-4-7-8-11(9(12)5-2)10(13)6-3/h5H,2,4,6-8H2,1,3H3. The average Bonchev–Trinajstić information content (AvgIpc) is 2.17. The minimum atomic E-state index is -0.291. The van der Waals surface area contributed by atoms with Crippen molar-refractivity contribution in [3.63, 3.8) is 0 Å². The van der Waals surface area contributed by atoms with Gasteiger partial charge in [-0.25, -0.2) is 0 Å². The van der Waals surface area contributed by atoms with E-state index in [2.05, 4.69) is 6.58 Å². The summed E-state index contributed by atoms with van der Waals surface area (Å²) in [6.45, 7) is 7.64. The van der Waals surface area contributed by atoms with Crippen molar-refractivity contribution >= 4 is 11.8 Å². The SMILES string of the molecule is C=CC(=O)N(CCCC)C(=O)CC. The fourth-order valence-electron chi connectivity index (χ4n) is 0.975. The van der Waals surface area contributed by atoms with Gasteiger partial charge in [0.2, 0.25) is 5.91 Å². The number of imide groups is 1. The molecule has 0 spiro atoms. The Morgan fingerprint density at radius 1 is 1.38 bits per heavy atom. The van der Waals surface area contributed by atoms with Gasteiger partial charge in [-0.05, 0) is 12.5 Å². The Hall–Kier alpha value is -1.12. The van der Waals surface area contributed by atoms with Crippen LogP contribution in [0.4, 0.5) is 0 Å². The number of hydrogen-bond acceptors (Lipinski definition) is 2. The number of rotatable bonds is 5. The quantitative estimate of drug-likeness (QED) is 0.609. The van der Waals surface area contributed by atoms with Crippen molar-refractivity contribution in [2.75, 3.05) is 6.54 Å². The summed E-state index contributed by atoms with van der Waals surface area (Å²) < 4.78 is 0. The monoisotopic (exact) mass is 183 g/mol. The van der Waals surface area contributed by atoms with Crippen LogP contribution in [0.25, 0.3) is 0 Å². The molecule has 74 valence electrons. The molecule has 0 aliphatic rings. The van der Waals surface area contributed by atoms with Crippen LogP contribution in [0.3, 0.4) is 0 Å². The van der Waals surface area contributed by atoms with E-state index in [1.165, 1.54) is 11.0 Å². The molecule has 0 bridgehead atoms. The smallest absolute Gasteiger partial charge is 0.252 e. The van der Waals surface area contributed by atoms with Crippen LogP contribution < -0.4 is 0 Å². The summed E-state index contributed by atoms with van der Waals surface area (Å²) in [6, 6.07) is 0. The normalized spacial score (nSPS) is 9.38. The molecule has 0 aliphatic heterocycles. The molecule has 0 saturated carbocycles. The fraction of sp³-hybridized carbons (Fsp3) is 0.600. The predicted molar refractivity (Wildman–Crippen MR) is 52.1 cm³/mol. The third-order valence-electron chi connectivity index (χ3n) is 1.78. The third-order valence-corrected chi connectivity index (χ3v) is 1.78. The minimum Gasteiger partial charge on any atom is -0.279 e. The molecule has 13 heavy (non-hydrogen) atoms. The summed E-state index contributed by atoms with van der Waals surface area (Å²) in [6.07, 6.45) is 3.37. The van der Waals surface area contributed by atoms with Gasteiger partial charge in [0.05, 0.1) is 0 Å². The number of carbonyl (C=O) groups is 2. The van der Waals surface area contributed by atoms with Gasteiger partial charge in [0.15, 0.2) is 0 Å². The second kappa shape index (κ2) is 6.40. The minimum absolute atomic E-state index is 0.127. The molecule has 3 nitrogen and oxygen atoms in total. The summed E-state index contributed by atoms with van der Waals surface area (Å²) in [4.78, 5) is 23.7. The van der Waals surface area contributed by atoms with Crippen LogP contribution in [-0.4, -0.2) is 23.3 Å². The molecule has 0 aromatic carbocycles. The molecule has 2 amide bonds. The lowest BCUT2D eigenvalue weighted by molar-refractivity contribution is -0.141. The molecule has 0 radical (unpaired) electrons. The molecule has 0 fully saturated rings. The number of carbonyl (C=O) groups excluding carboxylic acids is 2. The Morgan fingerprint density at radius 2 is 2.00 bits per heavy atom. The van der Waals surface area contributed by atoms with Crippen LogP contribution in [0.5, 0.6) is 0 Å². The Kier molecular flexibility index (Phi) is 5.85. The van der Waals surface area contributed by atoms with Crippen LogP contribution in [0, 0.1) is 0 Å². The molecule has 0 unspecified atom stereocenters. The number of amides is 2. The van der Waals surface area contributed by atoms with Crippen LogP contribution in [0.2, 0.25) is 0 Å². The lowest BCUT2D eigenvalue weighted by atomic mass is 10.3. The largest absolute Gasteiger partial charge is 0.279 e. The molecule has 0 rings (SSSR count). The van der Waals surface area contributed by atoms with E-state index < -0.39 is 0 Å². The average molecular weight is 183 g/mol. The zero-order chi connectivity index (χ0) is 10.3. The zero-order valence-corrected chi connectivity index (χ0v) is 8.38. The highest BCUT2D eigenvalue weighted by Crippen LogP contribution is 1.99. The topological polar surface area (TPSA) is 37.4 Å². The van der Waals surface area contributed by atoms with Gasteiger partial charge in [0, 0.05) is 13.0 Å². The van der Waals surface area contributed by atoms with Gasteiger partial charge < -0.3 is 0 Å². The molecule has 0 saturated heterocycles. The van der Waals surface area contributed by atoms with Crippen LogP contribution in [0.15, 0.2) is 12.7 Å². The fourth-order valence-corrected chi connectivity index (χ4v) is 0.975. The van der Waals surface area contributed by atoms with Crippen molar-refractivity contribution < 1.29 is 9.59 Å². The highest BCUT2D eigenvalue weighted by atomic mass is 16.2. The third kappa shape index (κ3) is 3.87. The maximum atomic E-state index is 11.3. The lowest BCUT2D eigenvalue weighted by Gasteiger charge is -2.17. The molecular formula is C10H17NO2. The van der Waals surface area contributed by atoms with Crippen LogP contribution in [-0.2, 0) is 9.59 Å². The first-order valence-electron chi connectivity index (χ1n) is 4.64. The van der Waals surface area contributed by atoms with E-state index in [0.29, 0.717) is 13.0 Å². The molecular weight excluding hydrogens is 166 g/mol. The Balaban J connectivity index is 4.26. The molecule has 0 atom stereocenters. The van der Waals surface area contributed by atoms with Gasteiger partial charge in [-0.15, -0.1) is 0 Å². The highest BCUT2D eigenvalue weighted by molar-refractivity contribution is 6.00. The number of unbranched alkanes of at least 4 members (excludes halogenated alkanes) is 1. The first kappa shape index (κ1) is 11.9. The van der Waals surface area contributed by atoms with Crippen LogP contribution in [0.1, 0.15) is 33.1 Å². The summed E-state index contributed by atoms with van der Waals surface area (Å²) in [5, 5.41) is 0. The predicted octanol–water partition coefficient (Wildman–Crippen LogP) is 1.74. The van der Waals surface area contributed by atoms with Gasteiger partial charge in [-0.3, -0.25) is 14.5 Å². The van der Waals surface area contributed by atoms with Gasteiger partial charge >= 0.3 is 0 Å². The number of hydrogen-bond donors (Lipinski definition) is 0. The first-order valence-corrected chi connectivity index (χ1v) is 4.64. The van der Waals surface area contributed by atoms with Crippen molar-refractivity contribution in [2.45, 2.75) is 33.1 Å². The van der Waals surface area contributed by atoms with Gasteiger partial charge in [0.25, 0.3) is 5.91 Å². The van der Waals surface area contributed by atoms with Crippen molar-refractivity contribution in [1.82, 2.24) is 4.90 Å². The molecule has 0 aromatic heterocycles. The van der Waals surface area contributed by atoms with Crippen molar-refractivity contribution in [3.8, 4) is 0 Å². The maximum absolute atomic E-state index is 11.3. The second-order valence-corrected chi connectivity index (χ2v) is 2.79. The summed E-state index contributed by atoms with van der Waals surface area (Å²) >= 11 is 0. The molecule has 0 heterocycles. The molecule has 0 N–H and O–H groups in total. The van der Waals surface area contributed by atoms with Crippen molar-refractivity contribution in [1.29, 1.82) is 0 Å². The van der Waals surface area contributed by atoms with Crippen LogP contribution >= 0.6 is 0 Å². The Morgan fingerprint density at radius 3 is 2.38 bits per heavy atom. The van der Waals surface area contributed by atoms with E-state index in [4.69, 9.17) is 0 Å². The van der Waals surface area contributed by atoms with Gasteiger partial charge in [0.1, 0.15) is 0 Å². The molecule has 3 heteroatoms. The van der Waals surface area contributed by atoms with E-state index in [1.54, 1.807) is 6.92 Å². The molecule has 0 aliphatic carbocycles. The summed E-state index contributed by atoms with van der Waals surface area (Å²) in [5.74, 6) is -0.418. The van der Waals surface area contributed by atoms with E-state index >= 15 is 0 Å². The molecule has 0 aromatic rings. The lowest BCUT2D eigenvalue weighted by Crippen LogP contribution is -2.35. The van der Waals surface area contributed by atoms with Gasteiger partial charge in [-0.2, -0.15) is 0 Å². The van der Waals surface area contributed by atoms with Crippen molar-refractivity contribution in [3.05, 3.63) is 12.7 Å². The summed E-state index contributed by atoms with van der Waals surface area (Å²) in [7, 11) is 0. The Bertz CT molecular complexity index is 199. The first-order chi connectivity index (χ1) is 6.17. The van der Waals surface area contributed by atoms with Crippen molar-refractivity contribution in [2.24, 2.45) is 0 Å². The Labute approximate surface area is 79.4 Å². The maximum Gasteiger partial charge on any atom is 0.252 e. The van der Waals surface area contributed by atoms with E-state index in [0.717, 1.165) is 12.8 Å².